The predicted octanol–water partition coefficient (Wildman–Crippen LogP) is 2.06. The van der Waals surface area contributed by atoms with Gasteiger partial charge in [-0.25, -0.2) is 0 Å². The van der Waals surface area contributed by atoms with E-state index in [1.807, 2.05) is 23.1 Å². The summed E-state index contributed by atoms with van der Waals surface area (Å²) in [4.78, 5) is 17.0. The number of carbonyl (C=O) groups excluding carboxylic acids is 1. The third-order valence-corrected chi connectivity index (χ3v) is 5.70. The molecule has 0 aliphatic carbocycles. The van der Waals surface area contributed by atoms with E-state index < -0.39 is 0 Å². The lowest BCUT2D eigenvalue weighted by atomic mass is 10.1. The molecule has 1 atom stereocenters. The topological polar surface area (TPSA) is 54.3 Å². The van der Waals surface area contributed by atoms with Gasteiger partial charge in [-0.05, 0) is 38.4 Å². The average molecular weight is 353 g/mol. The highest BCUT2D eigenvalue weighted by atomic mass is 16.2. The summed E-state index contributed by atoms with van der Waals surface area (Å²) in [6.45, 7) is 3.42. The Bertz CT molecular complexity index is 757. The molecular weight excluding hydrogens is 326 g/mol. The number of hydrogen-bond donors (Lipinski definition) is 0. The van der Waals surface area contributed by atoms with Crippen molar-refractivity contribution in [1.29, 1.82) is 0 Å². The van der Waals surface area contributed by atoms with Crippen LogP contribution < -0.4 is 0 Å². The van der Waals surface area contributed by atoms with E-state index in [1.165, 1.54) is 12.0 Å². The highest BCUT2D eigenvalue weighted by molar-refractivity contribution is 5.76. The number of likely N-dealkylation sites (tertiary alicyclic amines) is 1. The van der Waals surface area contributed by atoms with Gasteiger partial charge in [0.2, 0.25) is 5.91 Å². The van der Waals surface area contributed by atoms with Gasteiger partial charge in [-0.3, -0.25) is 9.69 Å². The Hall–Kier alpha value is -2.21. The van der Waals surface area contributed by atoms with Crippen LogP contribution in [-0.4, -0.2) is 57.2 Å². The second-order valence-corrected chi connectivity index (χ2v) is 7.38. The number of rotatable bonds is 4. The second kappa shape index (κ2) is 7.58. The van der Waals surface area contributed by atoms with Gasteiger partial charge in [0.15, 0.2) is 0 Å². The lowest BCUT2D eigenvalue weighted by Crippen LogP contribution is -2.34. The molecule has 0 unspecified atom stereocenters. The first-order chi connectivity index (χ1) is 12.7. The molecule has 1 aromatic heterocycles. The fraction of sp³-hybridized carbons (Fsp3) is 0.550. The third-order valence-electron chi connectivity index (χ3n) is 5.70. The monoisotopic (exact) mass is 353 g/mol. The van der Waals surface area contributed by atoms with Crippen molar-refractivity contribution in [3.8, 4) is 0 Å². The van der Waals surface area contributed by atoms with Gasteiger partial charge in [0.1, 0.15) is 11.6 Å². The van der Waals surface area contributed by atoms with E-state index in [9.17, 15) is 4.79 Å². The Morgan fingerprint density at radius 1 is 1.12 bits per heavy atom. The van der Waals surface area contributed by atoms with Crippen LogP contribution in [0.1, 0.15) is 42.5 Å². The summed E-state index contributed by atoms with van der Waals surface area (Å²) in [5.41, 5.74) is 1.22. The van der Waals surface area contributed by atoms with Crippen LogP contribution in [-0.2, 0) is 24.2 Å². The summed E-state index contributed by atoms with van der Waals surface area (Å²) < 4.78 is 2.26. The van der Waals surface area contributed by atoms with Crippen molar-refractivity contribution in [2.24, 2.45) is 0 Å². The Balaban J connectivity index is 1.39. The number of aromatic nitrogens is 3. The van der Waals surface area contributed by atoms with Crippen molar-refractivity contribution in [3.05, 3.63) is 47.5 Å². The van der Waals surface area contributed by atoms with Gasteiger partial charge in [-0.2, -0.15) is 0 Å². The van der Waals surface area contributed by atoms with E-state index in [1.54, 1.807) is 0 Å². The lowest BCUT2D eigenvalue weighted by molar-refractivity contribution is -0.131. The molecule has 0 saturated carbocycles. The molecule has 2 aromatic rings. The molecule has 26 heavy (non-hydrogen) atoms. The number of aryl methyl sites for hydroxylation is 1. The molecule has 6 heteroatoms. The summed E-state index contributed by atoms with van der Waals surface area (Å²) in [5, 5.41) is 8.92. The van der Waals surface area contributed by atoms with Crippen molar-refractivity contribution >= 4 is 5.91 Å². The van der Waals surface area contributed by atoms with Crippen LogP contribution in [0.3, 0.4) is 0 Å². The Morgan fingerprint density at radius 2 is 1.96 bits per heavy atom. The molecule has 3 heterocycles. The molecule has 0 spiro atoms. The number of amides is 1. The zero-order valence-corrected chi connectivity index (χ0v) is 15.5. The first-order valence-corrected chi connectivity index (χ1v) is 9.66. The van der Waals surface area contributed by atoms with Crippen LogP contribution >= 0.6 is 0 Å². The molecule has 6 nitrogen and oxygen atoms in total. The first-order valence-electron chi connectivity index (χ1n) is 9.66. The molecule has 1 aromatic carbocycles. The predicted molar refractivity (Wildman–Crippen MR) is 99.7 cm³/mol. The van der Waals surface area contributed by atoms with Crippen LogP contribution in [0.15, 0.2) is 30.3 Å². The average Bonchev–Trinajstić information content (AvgIpc) is 3.20. The Morgan fingerprint density at radius 3 is 2.73 bits per heavy atom. The molecule has 2 aliphatic heterocycles. The molecule has 2 aliphatic rings. The quantitative estimate of drug-likeness (QED) is 0.844. The number of benzene rings is 1. The van der Waals surface area contributed by atoms with Crippen molar-refractivity contribution in [2.45, 2.75) is 44.7 Å². The minimum atomic E-state index is 0.243. The van der Waals surface area contributed by atoms with Gasteiger partial charge < -0.3 is 9.47 Å². The molecule has 138 valence electrons. The molecule has 0 N–H and O–H groups in total. The fourth-order valence-electron chi connectivity index (χ4n) is 4.13. The van der Waals surface area contributed by atoms with E-state index in [2.05, 4.69) is 38.8 Å². The van der Waals surface area contributed by atoms with Gasteiger partial charge in [0.25, 0.3) is 0 Å². The molecule has 0 bridgehead atoms. The third kappa shape index (κ3) is 3.51. The number of nitrogens with zero attached hydrogens (tertiary/aromatic N) is 5. The van der Waals surface area contributed by atoms with Crippen LogP contribution in [0.4, 0.5) is 0 Å². The smallest absolute Gasteiger partial charge is 0.222 e. The Labute approximate surface area is 154 Å². The number of fused-ring (bicyclic) bond motifs is 1. The minimum absolute atomic E-state index is 0.243. The van der Waals surface area contributed by atoms with Crippen LogP contribution in [0, 0.1) is 0 Å². The maximum Gasteiger partial charge on any atom is 0.222 e. The van der Waals surface area contributed by atoms with Crippen molar-refractivity contribution < 1.29 is 4.79 Å². The SMILES string of the molecule is CN1CCC[C@H]1c1nnc2n1CCN(C(=O)CCc1ccccc1)CC2. The van der Waals surface area contributed by atoms with Crippen molar-refractivity contribution in [1.82, 2.24) is 24.6 Å². The zero-order valence-electron chi connectivity index (χ0n) is 15.5. The largest absolute Gasteiger partial charge is 0.340 e. The fourth-order valence-corrected chi connectivity index (χ4v) is 4.13. The van der Waals surface area contributed by atoms with Gasteiger partial charge in [0.05, 0.1) is 6.04 Å². The van der Waals surface area contributed by atoms with E-state index in [0.29, 0.717) is 12.5 Å². The van der Waals surface area contributed by atoms with Crippen molar-refractivity contribution in [2.75, 3.05) is 26.7 Å². The Kier molecular flexibility index (Phi) is 5.02. The van der Waals surface area contributed by atoms with E-state index >= 15 is 0 Å². The highest BCUT2D eigenvalue weighted by Gasteiger charge is 2.30. The normalized spacial score (nSPS) is 20.8. The summed E-state index contributed by atoms with van der Waals surface area (Å²) in [6, 6.07) is 10.6. The molecule has 4 rings (SSSR count). The van der Waals surface area contributed by atoms with Gasteiger partial charge in [0, 0.05) is 32.5 Å². The van der Waals surface area contributed by atoms with Crippen LogP contribution in [0.2, 0.25) is 0 Å². The van der Waals surface area contributed by atoms with Crippen molar-refractivity contribution in [3.63, 3.8) is 0 Å². The molecule has 1 fully saturated rings. The zero-order chi connectivity index (χ0) is 17.9. The molecule has 1 saturated heterocycles. The number of hydrogen-bond acceptors (Lipinski definition) is 4. The first kappa shape index (κ1) is 17.2. The van der Waals surface area contributed by atoms with Gasteiger partial charge >= 0.3 is 0 Å². The van der Waals surface area contributed by atoms with E-state index in [0.717, 1.165) is 57.1 Å². The molecule has 0 radical (unpaired) electrons. The van der Waals surface area contributed by atoms with Crippen LogP contribution in [0.5, 0.6) is 0 Å². The van der Waals surface area contributed by atoms with Crippen LogP contribution in [0.25, 0.3) is 0 Å². The standard InChI is InChI=1S/C20H27N5O/c1-23-12-5-8-17(23)20-22-21-18-11-13-24(14-15-25(18)20)19(26)10-9-16-6-3-2-4-7-16/h2-4,6-7,17H,5,8-15H2,1H3/t17-/m0/s1. The van der Waals surface area contributed by atoms with Gasteiger partial charge in [-0.1, -0.05) is 30.3 Å². The maximum absolute atomic E-state index is 12.7. The molecule has 1 amide bonds. The summed E-state index contributed by atoms with van der Waals surface area (Å²) >= 11 is 0. The number of carbonyl (C=O) groups is 1. The lowest BCUT2D eigenvalue weighted by Gasteiger charge is -2.22. The summed E-state index contributed by atoms with van der Waals surface area (Å²) in [7, 11) is 2.16. The summed E-state index contributed by atoms with van der Waals surface area (Å²) in [5.74, 6) is 2.35. The van der Waals surface area contributed by atoms with Gasteiger partial charge in [-0.15, -0.1) is 10.2 Å². The minimum Gasteiger partial charge on any atom is -0.340 e. The van der Waals surface area contributed by atoms with E-state index in [4.69, 9.17) is 0 Å². The second-order valence-electron chi connectivity index (χ2n) is 7.38. The maximum atomic E-state index is 12.7. The molecular formula is C20H27N5O. The summed E-state index contributed by atoms with van der Waals surface area (Å²) in [6.07, 6.45) is 4.53. The highest BCUT2D eigenvalue weighted by Crippen LogP contribution is 2.30. The van der Waals surface area contributed by atoms with E-state index in [-0.39, 0.29) is 5.91 Å².